The molecule has 1 rings (SSSR count). The van der Waals surface area contributed by atoms with Crippen LogP contribution in [0.25, 0.3) is 0 Å². The Labute approximate surface area is 122 Å². The number of aliphatic hydroxyl groups is 1. The summed E-state index contributed by atoms with van der Waals surface area (Å²) in [4.78, 5) is 12.0. The highest BCUT2D eigenvalue weighted by atomic mass is 16.3. The Kier molecular flexibility index (Phi) is 6.21. The van der Waals surface area contributed by atoms with Gasteiger partial charge in [-0.05, 0) is 23.3 Å². The number of hydrogen-bond donors (Lipinski definition) is 2. The van der Waals surface area contributed by atoms with Crippen molar-refractivity contribution < 1.29 is 9.90 Å². The molecule has 112 valence electrons. The summed E-state index contributed by atoms with van der Waals surface area (Å²) in [5.74, 6) is 0.320. The number of amides is 1. The average molecular weight is 277 g/mol. The summed E-state index contributed by atoms with van der Waals surface area (Å²) >= 11 is 0. The molecule has 1 amide bonds. The minimum atomic E-state index is -0.211. The maximum atomic E-state index is 12.0. The van der Waals surface area contributed by atoms with E-state index in [2.05, 4.69) is 33.0 Å². The van der Waals surface area contributed by atoms with E-state index in [4.69, 9.17) is 0 Å². The maximum absolute atomic E-state index is 12.0. The quantitative estimate of drug-likeness (QED) is 0.840. The summed E-state index contributed by atoms with van der Waals surface area (Å²) in [6.45, 7) is 8.46. The number of nitrogens with one attached hydrogen (secondary N) is 1. The van der Waals surface area contributed by atoms with Gasteiger partial charge in [-0.25, -0.2) is 0 Å². The predicted octanol–water partition coefficient (Wildman–Crippen LogP) is 2.78. The summed E-state index contributed by atoms with van der Waals surface area (Å²) in [7, 11) is 0. The number of rotatable bonds is 6. The molecule has 0 spiro atoms. The molecule has 0 heterocycles. The Hall–Kier alpha value is -1.35. The van der Waals surface area contributed by atoms with E-state index in [0.717, 1.165) is 5.56 Å². The summed E-state index contributed by atoms with van der Waals surface area (Å²) in [6.07, 6.45) is 1.15. The fourth-order valence-electron chi connectivity index (χ4n) is 1.93. The first-order valence-corrected chi connectivity index (χ1v) is 7.27. The predicted molar refractivity (Wildman–Crippen MR) is 82.4 cm³/mol. The van der Waals surface area contributed by atoms with Crippen molar-refractivity contribution in [2.24, 2.45) is 11.3 Å². The van der Waals surface area contributed by atoms with Crippen LogP contribution in [0.4, 0.5) is 0 Å². The first-order valence-electron chi connectivity index (χ1n) is 7.27. The minimum absolute atomic E-state index is 0.0161. The van der Waals surface area contributed by atoms with Crippen LogP contribution in [-0.4, -0.2) is 23.7 Å². The molecule has 2 atom stereocenters. The van der Waals surface area contributed by atoms with Gasteiger partial charge in [0.15, 0.2) is 0 Å². The van der Waals surface area contributed by atoms with Gasteiger partial charge in [0.25, 0.3) is 0 Å². The topological polar surface area (TPSA) is 49.3 Å². The van der Waals surface area contributed by atoms with Crippen LogP contribution < -0.4 is 5.32 Å². The average Bonchev–Trinajstić information content (AvgIpc) is 2.37. The van der Waals surface area contributed by atoms with Crippen LogP contribution >= 0.6 is 0 Å². The first kappa shape index (κ1) is 16.7. The summed E-state index contributed by atoms with van der Waals surface area (Å²) < 4.78 is 0. The van der Waals surface area contributed by atoms with Gasteiger partial charge in [0.05, 0.1) is 12.6 Å². The second kappa shape index (κ2) is 7.44. The number of carbonyl (C=O) groups excluding carboxylic acids is 1. The van der Waals surface area contributed by atoms with Gasteiger partial charge < -0.3 is 10.4 Å². The van der Waals surface area contributed by atoms with Gasteiger partial charge in [-0.1, -0.05) is 58.0 Å². The highest BCUT2D eigenvalue weighted by Crippen LogP contribution is 2.27. The number of aliphatic hydroxyl groups excluding tert-OH is 1. The van der Waals surface area contributed by atoms with Crippen LogP contribution in [0.3, 0.4) is 0 Å². The fourth-order valence-corrected chi connectivity index (χ4v) is 1.93. The molecular formula is C17H27NO2. The monoisotopic (exact) mass is 277 g/mol. The number of carbonyl (C=O) groups is 1. The lowest BCUT2D eigenvalue weighted by Gasteiger charge is -2.27. The zero-order chi connectivity index (χ0) is 15.2. The standard InChI is InChI=1S/C17H27NO2/c1-13(17(2,3)4)10-16(20)18-15(12-19)11-14-8-6-5-7-9-14/h5-9,13,15,19H,10-12H2,1-4H3,(H,18,20)/t13?,15-/m0/s1. The molecule has 0 aliphatic rings. The molecule has 3 heteroatoms. The summed E-state index contributed by atoms with van der Waals surface area (Å²) in [5, 5.41) is 12.3. The first-order chi connectivity index (χ1) is 9.32. The van der Waals surface area contributed by atoms with Crippen molar-refractivity contribution in [3.05, 3.63) is 35.9 Å². The van der Waals surface area contributed by atoms with Gasteiger partial charge in [-0.3, -0.25) is 4.79 Å². The van der Waals surface area contributed by atoms with Crippen molar-refractivity contribution in [1.82, 2.24) is 5.32 Å². The van der Waals surface area contributed by atoms with Gasteiger partial charge >= 0.3 is 0 Å². The third-order valence-electron chi connectivity index (χ3n) is 3.88. The second-order valence-electron chi connectivity index (χ2n) is 6.61. The van der Waals surface area contributed by atoms with E-state index in [1.807, 2.05) is 30.3 Å². The van der Waals surface area contributed by atoms with E-state index >= 15 is 0 Å². The molecule has 1 unspecified atom stereocenters. The molecule has 3 nitrogen and oxygen atoms in total. The SMILES string of the molecule is CC(CC(=O)N[C@H](CO)Cc1ccccc1)C(C)(C)C. The van der Waals surface area contributed by atoms with Crippen LogP contribution in [0.1, 0.15) is 39.7 Å². The molecule has 0 bridgehead atoms. The molecule has 0 fully saturated rings. The lowest BCUT2D eigenvalue weighted by molar-refractivity contribution is -0.123. The highest BCUT2D eigenvalue weighted by molar-refractivity contribution is 5.76. The van der Waals surface area contributed by atoms with Gasteiger partial charge in [0, 0.05) is 6.42 Å². The van der Waals surface area contributed by atoms with Crippen molar-refractivity contribution in [2.75, 3.05) is 6.61 Å². The van der Waals surface area contributed by atoms with Crippen molar-refractivity contribution >= 4 is 5.91 Å². The molecule has 0 radical (unpaired) electrons. The lowest BCUT2D eigenvalue weighted by atomic mass is 9.80. The number of benzene rings is 1. The zero-order valence-corrected chi connectivity index (χ0v) is 13.0. The smallest absolute Gasteiger partial charge is 0.220 e. The Morgan fingerprint density at radius 2 is 1.85 bits per heavy atom. The molecule has 2 N–H and O–H groups in total. The molecule has 0 aliphatic heterocycles. The second-order valence-corrected chi connectivity index (χ2v) is 6.61. The molecule has 0 saturated carbocycles. The van der Waals surface area contributed by atoms with E-state index in [0.29, 0.717) is 18.8 Å². The third kappa shape index (κ3) is 5.74. The van der Waals surface area contributed by atoms with Crippen LogP contribution in [-0.2, 0) is 11.2 Å². The largest absolute Gasteiger partial charge is 0.394 e. The molecular weight excluding hydrogens is 250 g/mol. The van der Waals surface area contributed by atoms with E-state index in [9.17, 15) is 9.90 Å². The number of hydrogen-bond acceptors (Lipinski definition) is 2. The molecule has 0 saturated heterocycles. The van der Waals surface area contributed by atoms with Crippen LogP contribution in [0.5, 0.6) is 0 Å². The van der Waals surface area contributed by atoms with Crippen molar-refractivity contribution in [1.29, 1.82) is 0 Å². The molecule has 1 aromatic rings. The zero-order valence-electron chi connectivity index (χ0n) is 13.0. The Morgan fingerprint density at radius 3 is 2.35 bits per heavy atom. The van der Waals surface area contributed by atoms with Crippen LogP contribution in [0.2, 0.25) is 0 Å². The summed E-state index contributed by atoms with van der Waals surface area (Å²) in [5.41, 5.74) is 1.24. The van der Waals surface area contributed by atoms with E-state index in [1.165, 1.54) is 0 Å². The van der Waals surface area contributed by atoms with Crippen molar-refractivity contribution in [3.63, 3.8) is 0 Å². The Morgan fingerprint density at radius 1 is 1.25 bits per heavy atom. The Balaban J connectivity index is 2.50. The van der Waals surface area contributed by atoms with Gasteiger partial charge in [0.1, 0.15) is 0 Å². The fraction of sp³-hybridized carbons (Fsp3) is 0.588. The van der Waals surface area contributed by atoms with E-state index in [-0.39, 0.29) is 24.0 Å². The highest BCUT2D eigenvalue weighted by Gasteiger charge is 2.23. The van der Waals surface area contributed by atoms with Gasteiger partial charge in [-0.2, -0.15) is 0 Å². The minimum Gasteiger partial charge on any atom is -0.394 e. The van der Waals surface area contributed by atoms with Gasteiger partial charge in [0.2, 0.25) is 5.91 Å². The maximum Gasteiger partial charge on any atom is 0.220 e. The molecule has 0 aliphatic carbocycles. The lowest BCUT2D eigenvalue weighted by Crippen LogP contribution is -2.40. The molecule has 0 aromatic heterocycles. The van der Waals surface area contributed by atoms with Crippen molar-refractivity contribution in [2.45, 2.75) is 46.6 Å². The molecule has 1 aromatic carbocycles. The van der Waals surface area contributed by atoms with E-state index < -0.39 is 0 Å². The van der Waals surface area contributed by atoms with Crippen molar-refractivity contribution in [3.8, 4) is 0 Å². The van der Waals surface area contributed by atoms with Crippen LogP contribution in [0.15, 0.2) is 30.3 Å². The third-order valence-corrected chi connectivity index (χ3v) is 3.88. The molecule has 20 heavy (non-hydrogen) atoms. The van der Waals surface area contributed by atoms with Gasteiger partial charge in [-0.15, -0.1) is 0 Å². The van der Waals surface area contributed by atoms with E-state index in [1.54, 1.807) is 0 Å². The van der Waals surface area contributed by atoms with Crippen LogP contribution in [0, 0.1) is 11.3 Å². The normalized spacial score (nSPS) is 14.7. The summed E-state index contributed by atoms with van der Waals surface area (Å²) in [6, 6.07) is 9.69. The Bertz CT molecular complexity index is 409.